The standard InChI is InChI=1S/C25H23FN2O5/c1-28-14-19(33-23-5-3-2-4-22(23)28)15-32-18-9-7-17(8-10-18)25(31)27-21-12-16(13-24(29)30)6-11-20(21)26/h2-12,19H,13-15H2,1H3,(H,27,31)(H,29,30)/t19-/m0/s1. The van der Waals surface area contributed by atoms with Crippen LogP contribution in [0, 0.1) is 5.82 Å². The zero-order chi connectivity index (χ0) is 23.4. The average Bonchev–Trinajstić information content (AvgIpc) is 2.80. The molecule has 0 saturated heterocycles. The lowest BCUT2D eigenvalue weighted by Crippen LogP contribution is -2.41. The van der Waals surface area contributed by atoms with Crippen molar-refractivity contribution in [2.45, 2.75) is 12.5 Å². The van der Waals surface area contributed by atoms with Gasteiger partial charge in [-0.1, -0.05) is 18.2 Å². The fourth-order valence-corrected chi connectivity index (χ4v) is 3.62. The van der Waals surface area contributed by atoms with E-state index in [1.807, 2.05) is 31.3 Å². The van der Waals surface area contributed by atoms with E-state index >= 15 is 0 Å². The van der Waals surface area contributed by atoms with Crippen LogP contribution in [0.15, 0.2) is 66.7 Å². The molecule has 1 atom stereocenters. The number of nitrogens with zero attached hydrogens (tertiary/aromatic N) is 1. The van der Waals surface area contributed by atoms with E-state index in [9.17, 15) is 14.0 Å². The van der Waals surface area contributed by atoms with Gasteiger partial charge in [0.15, 0.2) is 0 Å². The summed E-state index contributed by atoms with van der Waals surface area (Å²) in [7, 11) is 2.00. The molecule has 0 aliphatic carbocycles. The number of hydrogen-bond acceptors (Lipinski definition) is 5. The number of para-hydroxylation sites is 2. The number of amides is 1. The van der Waals surface area contributed by atoms with Crippen molar-refractivity contribution in [3.05, 3.63) is 83.7 Å². The summed E-state index contributed by atoms with van der Waals surface area (Å²) < 4.78 is 25.9. The minimum Gasteiger partial charge on any atom is -0.490 e. The lowest BCUT2D eigenvalue weighted by atomic mass is 10.1. The van der Waals surface area contributed by atoms with E-state index in [-0.39, 0.29) is 18.2 Å². The SMILES string of the molecule is CN1C[C@@H](COc2ccc(C(=O)Nc3cc(CC(=O)O)ccc3F)cc2)Oc2ccccc21. The van der Waals surface area contributed by atoms with Gasteiger partial charge in [0, 0.05) is 12.6 Å². The molecule has 1 aliphatic heterocycles. The highest BCUT2D eigenvalue weighted by atomic mass is 19.1. The minimum atomic E-state index is -1.04. The number of rotatable bonds is 7. The summed E-state index contributed by atoms with van der Waals surface area (Å²) in [4.78, 5) is 25.5. The second-order valence-corrected chi connectivity index (χ2v) is 7.76. The van der Waals surface area contributed by atoms with Crippen LogP contribution in [-0.2, 0) is 11.2 Å². The molecule has 33 heavy (non-hydrogen) atoms. The lowest BCUT2D eigenvalue weighted by molar-refractivity contribution is -0.136. The number of nitrogens with one attached hydrogen (secondary N) is 1. The first-order valence-electron chi connectivity index (χ1n) is 10.4. The fraction of sp³-hybridized carbons (Fsp3) is 0.200. The summed E-state index contributed by atoms with van der Waals surface area (Å²) in [6.07, 6.45) is -0.407. The molecule has 0 fully saturated rings. The molecule has 0 spiro atoms. The summed E-state index contributed by atoms with van der Waals surface area (Å²) >= 11 is 0. The van der Waals surface area contributed by atoms with Gasteiger partial charge in [-0.15, -0.1) is 0 Å². The van der Waals surface area contributed by atoms with Crippen LogP contribution in [0.4, 0.5) is 15.8 Å². The molecule has 3 aromatic rings. The number of aliphatic carboxylic acids is 1. The Balaban J connectivity index is 1.35. The molecule has 8 heteroatoms. The molecule has 4 rings (SSSR count). The van der Waals surface area contributed by atoms with E-state index in [0.29, 0.717) is 30.0 Å². The van der Waals surface area contributed by atoms with Gasteiger partial charge in [-0.25, -0.2) is 4.39 Å². The van der Waals surface area contributed by atoms with E-state index in [4.69, 9.17) is 14.6 Å². The number of carbonyl (C=O) groups is 2. The second-order valence-electron chi connectivity index (χ2n) is 7.76. The fourth-order valence-electron chi connectivity index (χ4n) is 3.62. The Morgan fingerprint density at radius 1 is 1.15 bits per heavy atom. The topological polar surface area (TPSA) is 88.1 Å². The normalized spacial score (nSPS) is 14.7. The Bertz CT molecular complexity index is 1170. The minimum absolute atomic E-state index is 0.0714. The number of ether oxygens (including phenoxy) is 2. The number of fused-ring (bicyclic) bond motifs is 1. The van der Waals surface area contributed by atoms with Crippen molar-refractivity contribution in [2.24, 2.45) is 0 Å². The molecule has 1 aliphatic rings. The van der Waals surface area contributed by atoms with Gasteiger partial charge in [-0.05, 0) is 54.1 Å². The second kappa shape index (κ2) is 9.60. The predicted molar refractivity (Wildman–Crippen MR) is 122 cm³/mol. The van der Waals surface area contributed by atoms with Crippen LogP contribution in [0.1, 0.15) is 15.9 Å². The highest BCUT2D eigenvalue weighted by Gasteiger charge is 2.23. The van der Waals surface area contributed by atoms with Gasteiger partial charge < -0.3 is 24.8 Å². The highest BCUT2D eigenvalue weighted by molar-refractivity contribution is 6.04. The van der Waals surface area contributed by atoms with Gasteiger partial charge in [0.2, 0.25) is 0 Å². The van der Waals surface area contributed by atoms with Crippen molar-refractivity contribution < 1.29 is 28.6 Å². The first-order valence-corrected chi connectivity index (χ1v) is 10.4. The maximum absolute atomic E-state index is 14.0. The van der Waals surface area contributed by atoms with E-state index in [1.54, 1.807) is 24.3 Å². The first-order chi connectivity index (χ1) is 15.9. The van der Waals surface area contributed by atoms with Crippen molar-refractivity contribution in [1.29, 1.82) is 0 Å². The quantitative estimate of drug-likeness (QED) is 0.566. The van der Waals surface area contributed by atoms with Gasteiger partial charge in [-0.2, -0.15) is 0 Å². The van der Waals surface area contributed by atoms with Crippen LogP contribution in [0.3, 0.4) is 0 Å². The van der Waals surface area contributed by atoms with Crippen LogP contribution in [0.2, 0.25) is 0 Å². The van der Waals surface area contributed by atoms with E-state index in [2.05, 4.69) is 10.2 Å². The Kier molecular flexibility index (Phi) is 6.44. The van der Waals surface area contributed by atoms with Crippen LogP contribution in [0.25, 0.3) is 0 Å². The Morgan fingerprint density at radius 3 is 2.67 bits per heavy atom. The molecule has 1 heterocycles. The van der Waals surface area contributed by atoms with Crippen LogP contribution < -0.4 is 19.7 Å². The van der Waals surface area contributed by atoms with Crippen molar-refractivity contribution in [2.75, 3.05) is 30.4 Å². The maximum atomic E-state index is 14.0. The summed E-state index contributed by atoms with van der Waals surface area (Å²) in [5.74, 6) is -0.806. The largest absolute Gasteiger partial charge is 0.490 e. The van der Waals surface area contributed by atoms with E-state index < -0.39 is 17.7 Å². The van der Waals surface area contributed by atoms with Crippen LogP contribution >= 0.6 is 0 Å². The molecule has 0 bridgehead atoms. The monoisotopic (exact) mass is 450 g/mol. The van der Waals surface area contributed by atoms with Crippen molar-refractivity contribution in [1.82, 2.24) is 0 Å². The number of halogens is 1. The van der Waals surface area contributed by atoms with Crippen molar-refractivity contribution in [3.8, 4) is 11.5 Å². The number of anilines is 2. The average molecular weight is 450 g/mol. The number of carboxylic acid groups (broad SMARTS) is 1. The number of carboxylic acids is 1. The molecule has 0 aromatic heterocycles. The first kappa shape index (κ1) is 22.1. The number of benzene rings is 3. The third-order valence-corrected chi connectivity index (χ3v) is 5.23. The van der Waals surface area contributed by atoms with Gasteiger partial charge in [0.1, 0.15) is 30.0 Å². The van der Waals surface area contributed by atoms with Gasteiger partial charge in [0.25, 0.3) is 5.91 Å². The van der Waals surface area contributed by atoms with Crippen molar-refractivity contribution in [3.63, 3.8) is 0 Å². The van der Waals surface area contributed by atoms with Gasteiger partial charge in [-0.3, -0.25) is 9.59 Å². The maximum Gasteiger partial charge on any atom is 0.307 e. The molecule has 1 amide bonds. The number of likely N-dealkylation sites (N-methyl/N-ethyl adjacent to an activating group) is 1. The molecule has 3 aromatic carbocycles. The smallest absolute Gasteiger partial charge is 0.307 e. The predicted octanol–water partition coefficient (Wildman–Crippen LogP) is 3.98. The summed E-state index contributed by atoms with van der Waals surface area (Å²) in [6, 6.07) is 18.1. The summed E-state index contributed by atoms with van der Waals surface area (Å²) in [6.45, 7) is 1.02. The number of carbonyl (C=O) groups excluding carboxylic acids is 1. The van der Waals surface area contributed by atoms with E-state index in [0.717, 1.165) is 17.5 Å². The third kappa shape index (κ3) is 5.41. The van der Waals surface area contributed by atoms with Crippen LogP contribution in [-0.4, -0.2) is 43.3 Å². The lowest BCUT2D eigenvalue weighted by Gasteiger charge is -2.33. The zero-order valence-corrected chi connectivity index (χ0v) is 18.0. The molecule has 0 radical (unpaired) electrons. The number of hydrogen-bond donors (Lipinski definition) is 2. The summed E-state index contributed by atoms with van der Waals surface area (Å²) in [5.41, 5.74) is 1.67. The van der Waals surface area contributed by atoms with Crippen molar-refractivity contribution >= 4 is 23.3 Å². The Hall–Kier alpha value is -4.07. The molecular formula is C25H23FN2O5. The molecule has 7 nitrogen and oxygen atoms in total. The molecule has 2 N–H and O–H groups in total. The molecule has 0 saturated carbocycles. The molecule has 0 unspecified atom stereocenters. The Labute approximate surface area is 190 Å². The Morgan fingerprint density at radius 2 is 1.91 bits per heavy atom. The highest BCUT2D eigenvalue weighted by Crippen LogP contribution is 2.32. The third-order valence-electron chi connectivity index (χ3n) is 5.23. The zero-order valence-electron chi connectivity index (χ0n) is 18.0. The van der Waals surface area contributed by atoms with Gasteiger partial charge >= 0.3 is 5.97 Å². The van der Waals surface area contributed by atoms with Gasteiger partial charge in [0.05, 0.1) is 24.3 Å². The molecule has 170 valence electrons. The summed E-state index contributed by atoms with van der Waals surface area (Å²) in [5, 5.41) is 11.4. The molecular weight excluding hydrogens is 427 g/mol. The van der Waals surface area contributed by atoms with E-state index in [1.165, 1.54) is 12.1 Å². The van der Waals surface area contributed by atoms with Crippen LogP contribution in [0.5, 0.6) is 11.5 Å².